The van der Waals surface area contributed by atoms with E-state index in [4.69, 9.17) is 23.2 Å². The summed E-state index contributed by atoms with van der Waals surface area (Å²) in [5.74, 6) is 0. The van der Waals surface area contributed by atoms with E-state index in [0.29, 0.717) is 10.0 Å². The smallest absolute Gasteiger partial charge is 0.0643 e. The molecule has 0 saturated carbocycles. The molecule has 0 saturated heterocycles. The van der Waals surface area contributed by atoms with Gasteiger partial charge in [-0.1, -0.05) is 53.5 Å². The van der Waals surface area contributed by atoms with Crippen LogP contribution in [0.4, 0.5) is 0 Å². The zero-order chi connectivity index (χ0) is 13.8. The van der Waals surface area contributed by atoms with E-state index in [1.807, 2.05) is 31.3 Å². The van der Waals surface area contributed by atoms with E-state index in [1.165, 1.54) is 10.5 Å². The molecule has 1 nitrogen and oxygen atoms in total. The molecule has 0 bridgehead atoms. The molecule has 0 aliphatic heterocycles. The summed E-state index contributed by atoms with van der Waals surface area (Å²) in [6.45, 7) is 0. The van der Waals surface area contributed by atoms with Crippen LogP contribution in [0.15, 0.2) is 47.4 Å². The molecule has 2 aromatic rings. The van der Waals surface area contributed by atoms with Gasteiger partial charge in [-0.2, -0.15) is 0 Å². The molecule has 1 unspecified atom stereocenters. The van der Waals surface area contributed by atoms with Crippen LogP contribution in [0.3, 0.4) is 0 Å². The van der Waals surface area contributed by atoms with Crippen LogP contribution in [0, 0.1) is 0 Å². The second-order valence-electron chi connectivity index (χ2n) is 4.11. The Bertz CT molecular complexity index is 572. The highest BCUT2D eigenvalue weighted by Gasteiger charge is 2.18. The van der Waals surface area contributed by atoms with Crippen molar-refractivity contribution >= 4 is 35.0 Å². The van der Waals surface area contributed by atoms with E-state index in [9.17, 15) is 0 Å². The Morgan fingerprint density at radius 3 is 2.37 bits per heavy atom. The number of hydrogen-bond acceptors (Lipinski definition) is 2. The molecule has 0 radical (unpaired) electrons. The standard InChI is InChI=1S/C15H15Cl2NS/c1-18-15(10-6-3-4-9-13(10)19-2)11-7-5-8-12(16)14(11)17/h3-9,15,18H,1-2H3. The Morgan fingerprint density at radius 2 is 1.68 bits per heavy atom. The van der Waals surface area contributed by atoms with Gasteiger partial charge in [0.2, 0.25) is 0 Å². The normalized spacial score (nSPS) is 12.4. The predicted molar refractivity (Wildman–Crippen MR) is 85.6 cm³/mol. The summed E-state index contributed by atoms with van der Waals surface area (Å²) in [6.07, 6.45) is 2.07. The molecule has 2 aromatic carbocycles. The first-order chi connectivity index (χ1) is 9.19. The SMILES string of the molecule is CNC(c1ccccc1SC)c1cccc(Cl)c1Cl. The third-order valence-corrected chi connectivity index (χ3v) is 4.68. The first-order valence-corrected chi connectivity index (χ1v) is 7.91. The molecule has 2 rings (SSSR count). The molecule has 100 valence electrons. The number of hydrogen-bond donors (Lipinski definition) is 1. The van der Waals surface area contributed by atoms with Gasteiger partial charge in [-0.3, -0.25) is 0 Å². The second-order valence-corrected chi connectivity index (χ2v) is 5.74. The van der Waals surface area contributed by atoms with E-state index in [2.05, 4.69) is 23.7 Å². The summed E-state index contributed by atoms with van der Waals surface area (Å²) in [5.41, 5.74) is 2.21. The lowest BCUT2D eigenvalue weighted by Crippen LogP contribution is -2.18. The topological polar surface area (TPSA) is 12.0 Å². The number of rotatable bonds is 4. The molecular weight excluding hydrogens is 297 g/mol. The monoisotopic (exact) mass is 311 g/mol. The molecule has 0 amide bonds. The van der Waals surface area contributed by atoms with Gasteiger partial charge in [0.25, 0.3) is 0 Å². The fourth-order valence-electron chi connectivity index (χ4n) is 2.13. The summed E-state index contributed by atoms with van der Waals surface area (Å²) < 4.78 is 0. The van der Waals surface area contributed by atoms with Crippen molar-refractivity contribution in [2.45, 2.75) is 10.9 Å². The zero-order valence-electron chi connectivity index (χ0n) is 10.8. The van der Waals surface area contributed by atoms with Gasteiger partial charge in [0.15, 0.2) is 0 Å². The maximum atomic E-state index is 6.33. The lowest BCUT2D eigenvalue weighted by molar-refractivity contribution is 0.680. The average molecular weight is 312 g/mol. The third kappa shape index (κ3) is 3.09. The highest BCUT2D eigenvalue weighted by Crippen LogP contribution is 2.36. The van der Waals surface area contributed by atoms with Crippen molar-refractivity contribution in [3.63, 3.8) is 0 Å². The lowest BCUT2D eigenvalue weighted by atomic mass is 9.99. The van der Waals surface area contributed by atoms with Crippen LogP contribution < -0.4 is 5.32 Å². The summed E-state index contributed by atoms with van der Waals surface area (Å²) >= 11 is 14.2. The van der Waals surface area contributed by atoms with Crippen molar-refractivity contribution in [1.29, 1.82) is 0 Å². The molecule has 0 fully saturated rings. The van der Waals surface area contributed by atoms with Gasteiger partial charge in [-0.15, -0.1) is 11.8 Å². The van der Waals surface area contributed by atoms with Gasteiger partial charge in [-0.05, 0) is 36.6 Å². The van der Waals surface area contributed by atoms with E-state index in [-0.39, 0.29) is 6.04 Å². The van der Waals surface area contributed by atoms with Gasteiger partial charge in [-0.25, -0.2) is 0 Å². The van der Waals surface area contributed by atoms with Crippen molar-refractivity contribution in [3.05, 3.63) is 63.6 Å². The summed E-state index contributed by atoms with van der Waals surface area (Å²) in [6, 6.07) is 14.1. The molecule has 0 heterocycles. The number of halogens is 2. The molecular formula is C15H15Cl2NS. The maximum absolute atomic E-state index is 6.33. The van der Waals surface area contributed by atoms with Gasteiger partial charge >= 0.3 is 0 Å². The largest absolute Gasteiger partial charge is 0.309 e. The quantitative estimate of drug-likeness (QED) is 0.795. The highest BCUT2D eigenvalue weighted by molar-refractivity contribution is 7.98. The van der Waals surface area contributed by atoms with Gasteiger partial charge in [0.1, 0.15) is 0 Å². The van der Waals surface area contributed by atoms with E-state index >= 15 is 0 Å². The third-order valence-electron chi connectivity index (χ3n) is 3.03. The van der Waals surface area contributed by atoms with Crippen molar-refractivity contribution in [1.82, 2.24) is 5.32 Å². The molecule has 4 heteroatoms. The minimum atomic E-state index is 0.0369. The van der Waals surface area contributed by atoms with Gasteiger partial charge in [0, 0.05) is 4.90 Å². The zero-order valence-corrected chi connectivity index (χ0v) is 13.1. The summed E-state index contributed by atoms with van der Waals surface area (Å²) in [7, 11) is 1.93. The number of thioether (sulfide) groups is 1. The first-order valence-electron chi connectivity index (χ1n) is 5.93. The van der Waals surface area contributed by atoms with Crippen LogP contribution in [0.1, 0.15) is 17.2 Å². The van der Waals surface area contributed by atoms with Crippen LogP contribution in [-0.4, -0.2) is 13.3 Å². The maximum Gasteiger partial charge on any atom is 0.0643 e. The van der Waals surface area contributed by atoms with E-state index in [0.717, 1.165) is 5.56 Å². The minimum Gasteiger partial charge on any atom is -0.309 e. The van der Waals surface area contributed by atoms with Crippen LogP contribution in [-0.2, 0) is 0 Å². The van der Waals surface area contributed by atoms with Crippen molar-refractivity contribution < 1.29 is 0 Å². The van der Waals surface area contributed by atoms with Crippen molar-refractivity contribution in [2.75, 3.05) is 13.3 Å². The Kier molecular flexibility index (Phi) is 5.17. The fraction of sp³-hybridized carbons (Fsp3) is 0.200. The van der Waals surface area contributed by atoms with E-state index in [1.54, 1.807) is 17.8 Å². The molecule has 0 aromatic heterocycles. The summed E-state index contributed by atoms with van der Waals surface area (Å²) in [5, 5.41) is 4.52. The summed E-state index contributed by atoms with van der Waals surface area (Å²) in [4.78, 5) is 1.23. The molecule has 0 spiro atoms. The molecule has 0 aliphatic rings. The lowest BCUT2D eigenvalue weighted by Gasteiger charge is -2.21. The molecule has 1 atom stereocenters. The first kappa shape index (κ1) is 14.7. The Labute approximate surface area is 128 Å². The second kappa shape index (κ2) is 6.67. The molecule has 19 heavy (non-hydrogen) atoms. The van der Waals surface area contributed by atoms with Crippen LogP contribution in [0.5, 0.6) is 0 Å². The Balaban J connectivity index is 2.53. The van der Waals surface area contributed by atoms with Gasteiger partial charge < -0.3 is 5.32 Å². The molecule has 0 aliphatic carbocycles. The predicted octanol–water partition coefficient (Wildman–Crippen LogP) is 5.02. The van der Waals surface area contributed by atoms with Crippen molar-refractivity contribution in [3.8, 4) is 0 Å². The minimum absolute atomic E-state index is 0.0369. The Hall–Kier alpha value is -0.670. The number of benzene rings is 2. The number of nitrogens with one attached hydrogen (secondary N) is 1. The van der Waals surface area contributed by atoms with Crippen LogP contribution >= 0.6 is 35.0 Å². The molecule has 1 N–H and O–H groups in total. The van der Waals surface area contributed by atoms with Crippen molar-refractivity contribution in [2.24, 2.45) is 0 Å². The average Bonchev–Trinajstić information content (AvgIpc) is 2.45. The van der Waals surface area contributed by atoms with Gasteiger partial charge in [0.05, 0.1) is 16.1 Å². The fourth-order valence-corrected chi connectivity index (χ4v) is 3.18. The Morgan fingerprint density at radius 1 is 1.00 bits per heavy atom. The van der Waals surface area contributed by atoms with Crippen LogP contribution in [0.2, 0.25) is 10.0 Å². The van der Waals surface area contributed by atoms with E-state index < -0.39 is 0 Å². The highest BCUT2D eigenvalue weighted by atomic mass is 35.5. The van der Waals surface area contributed by atoms with Crippen LogP contribution in [0.25, 0.3) is 0 Å².